The number of nitriles is 1. The molecule has 2 atom stereocenters. The van der Waals surface area contributed by atoms with Crippen LogP contribution in [0.1, 0.15) is 44.2 Å². The molecular weight excluding hydrogens is 490 g/mol. The molecule has 0 radical (unpaired) electrons. The van der Waals surface area contributed by atoms with Crippen LogP contribution >= 0.6 is 0 Å². The van der Waals surface area contributed by atoms with E-state index in [0.717, 1.165) is 31.5 Å². The fraction of sp³-hybridized carbons (Fsp3) is 0.577. The summed E-state index contributed by atoms with van der Waals surface area (Å²) >= 11 is 0. The van der Waals surface area contributed by atoms with Gasteiger partial charge in [0.05, 0.1) is 17.2 Å². The SMILES string of the molecule is CN1CCN(S(=O)(=O)c2ccc(CCNc3ncc(C#N)c(N[C@@H]4CC[C@H](O)C(C)(C)C4)n3)cc2)CC1. The summed E-state index contributed by atoms with van der Waals surface area (Å²) in [7, 11) is -1.48. The van der Waals surface area contributed by atoms with Crippen LogP contribution in [0.2, 0.25) is 0 Å². The summed E-state index contributed by atoms with van der Waals surface area (Å²) in [5, 5.41) is 26.3. The first-order valence-electron chi connectivity index (χ1n) is 12.8. The first-order chi connectivity index (χ1) is 17.6. The molecule has 4 rings (SSSR count). The van der Waals surface area contributed by atoms with Gasteiger partial charge >= 0.3 is 0 Å². The normalized spacial score (nSPS) is 22.8. The second-order valence-corrected chi connectivity index (χ2v) is 12.7. The zero-order valence-corrected chi connectivity index (χ0v) is 22.6. The minimum atomic E-state index is -3.48. The molecule has 37 heavy (non-hydrogen) atoms. The molecule has 1 aliphatic carbocycles. The molecule has 1 aromatic carbocycles. The average molecular weight is 528 g/mol. The number of aliphatic hydroxyl groups is 1. The molecule has 1 saturated carbocycles. The number of anilines is 2. The third-order valence-electron chi connectivity index (χ3n) is 7.43. The predicted octanol–water partition coefficient (Wildman–Crippen LogP) is 2.29. The lowest BCUT2D eigenvalue weighted by atomic mass is 9.73. The summed E-state index contributed by atoms with van der Waals surface area (Å²) in [5.74, 6) is 0.918. The fourth-order valence-corrected chi connectivity index (χ4v) is 6.34. The van der Waals surface area contributed by atoms with Crippen molar-refractivity contribution in [3.05, 3.63) is 41.6 Å². The van der Waals surface area contributed by atoms with Crippen molar-refractivity contribution >= 4 is 21.8 Å². The highest BCUT2D eigenvalue weighted by Gasteiger charge is 2.36. The summed E-state index contributed by atoms with van der Waals surface area (Å²) < 4.78 is 27.4. The fourth-order valence-electron chi connectivity index (χ4n) is 4.92. The van der Waals surface area contributed by atoms with E-state index in [1.165, 1.54) is 6.20 Å². The Morgan fingerprint density at radius 1 is 1.16 bits per heavy atom. The second kappa shape index (κ2) is 11.3. The monoisotopic (exact) mass is 527 g/mol. The summed E-state index contributed by atoms with van der Waals surface area (Å²) in [5.41, 5.74) is 1.18. The molecule has 2 aliphatic rings. The molecule has 3 N–H and O–H groups in total. The van der Waals surface area contributed by atoms with Crippen LogP contribution in [-0.4, -0.2) is 84.6 Å². The summed E-state index contributed by atoms with van der Waals surface area (Å²) in [6, 6.07) is 9.30. The molecule has 200 valence electrons. The number of hydrogen-bond acceptors (Lipinski definition) is 9. The molecule has 2 heterocycles. The Labute approximate surface area is 219 Å². The van der Waals surface area contributed by atoms with E-state index in [4.69, 9.17) is 0 Å². The lowest BCUT2D eigenvalue weighted by Gasteiger charge is -2.40. The standard InChI is InChI=1S/C26H37N7O3S/c1-26(2)16-21(6-9-23(26)34)30-24-20(17-27)18-29-25(31-24)28-11-10-19-4-7-22(8-5-19)37(35,36)33-14-12-32(3)13-15-33/h4-5,7-8,18,21,23,34H,6,9-16H2,1-3H3,(H2,28,29,30,31)/t21-,23+/m1/s1. The van der Waals surface area contributed by atoms with E-state index < -0.39 is 10.0 Å². The van der Waals surface area contributed by atoms with Crippen LogP contribution < -0.4 is 10.6 Å². The smallest absolute Gasteiger partial charge is 0.243 e. The summed E-state index contributed by atoms with van der Waals surface area (Å²) in [4.78, 5) is 11.2. The average Bonchev–Trinajstić information content (AvgIpc) is 2.87. The van der Waals surface area contributed by atoms with Gasteiger partial charge in [0, 0.05) is 38.8 Å². The minimum Gasteiger partial charge on any atom is -0.393 e. The number of nitrogens with zero attached hydrogens (tertiary/aromatic N) is 5. The molecule has 1 aliphatic heterocycles. The van der Waals surface area contributed by atoms with Gasteiger partial charge in [-0.05, 0) is 55.8 Å². The van der Waals surface area contributed by atoms with Gasteiger partial charge in [0.25, 0.3) is 0 Å². The third-order valence-corrected chi connectivity index (χ3v) is 9.35. The van der Waals surface area contributed by atoms with Crippen molar-refractivity contribution in [1.82, 2.24) is 19.2 Å². The van der Waals surface area contributed by atoms with Crippen LogP contribution in [0.3, 0.4) is 0 Å². The number of aliphatic hydroxyl groups excluding tert-OH is 1. The van der Waals surface area contributed by atoms with Gasteiger partial charge in [0.15, 0.2) is 0 Å². The topological polar surface area (TPSA) is 134 Å². The lowest BCUT2D eigenvalue weighted by Crippen LogP contribution is -2.46. The van der Waals surface area contributed by atoms with Crippen molar-refractivity contribution in [3.8, 4) is 6.07 Å². The number of benzene rings is 1. The van der Waals surface area contributed by atoms with Crippen molar-refractivity contribution in [2.45, 2.75) is 56.6 Å². The Balaban J connectivity index is 1.34. The van der Waals surface area contributed by atoms with E-state index in [9.17, 15) is 18.8 Å². The van der Waals surface area contributed by atoms with E-state index in [2.05, 4.69) is 45.4 Å². The maximum absolute atomic E-state index is 12.9. The first-order valence-corrected chi connectivity index (χ1v) is 14.3. The molecule has 1 aromatic heterocycles. The molecule has 0 spiro atoms. The van der Waals surface area contributed by atoms with Crippen LogP contribution in [0.5, 0.6) is 0 Å². The van der Waals surface area contributed by atoms with Crippen LogP contribution in [0.15, 0.2) is 35.4 Å². The molecule has 2 fully saturated rings. The molecular formula is C26H37N7O3S. The van der Waals surface area contributed by atoms with Crippen molar-refractivity contribution < 1.29 is 13.5 Å². The van der Waals surface area contributed by atoms with E-state index in [1.54, 1.807) is 16.4 Å². The Morgan fingerprint density at radius 3 is 2.51 bits per heavy atom. The van der Waals surface area contributed by atoms with E-state index >= 15 is 0 Å². The van der Waals surface area contributed by atoms with Gasteiger partial charge in [0.2, 0.25) is 16.0 Å². The Bertz CT molecular complexity index is 1220. The molecule has 0 unspecified atom stereocenters. The van der Waals surface area contributed by atoms with Gasteiger partial charge in [-0.1, -0.05) is 26.0 Å². The van der Waals surface area contributed by atoms with Gasteiger partial charge in [0.1, 0.15) is 17.5 Å². The van der Waals surface area contributed by atoms with Crippen molar-refractivity contribution in [2.24, 2.45) is 5.41 Å². The maximum Gasteiger partial charge on any atom is 0.243 e. The molecule has 2 aromatic rings. The summed E-state index contributed by atoms with van der Waals surface area (Å²) in [6.07, 6.45) is 4.14. The number of likely N-dealkylation sites (N-methyl/N-ethyl adjacent to an activating group) is 1. The van der Waals surface area contributed by atoms with Gasteiger partial charge in [-0.3, -0.25) is 0 Å². The predicted molar refractivity (Wildman–Crippen MR) is 143 cm³/mol. The molecule has 0 amide bonds. The lowest BCUT2D eigenvalue weighted by molar-refractivity contribution is 0.00926. The minimum absolute atomic E-state index is 0.119. The Kier molecular flexibility index (Phi) is 8.33. The highest BCUT2D eigenvalue weighted by molar-refractivity contribution is 7.89. The van der Waals surface area contributed by atoms with Crippen molar-refractivity contribution in [1.29, 1.82) is 5.26 Å². The van der Waals surface area contributed by atoms with Gasteiger partial charge in [-0.15, -0.1) is 0 Å². The van der Waals surface area contributed by atoms with Gasteiger partial charge < -0.3 is 20.6 Å². The number of piperazine rings is 1. The Hall–Kier alpha value is -2.78. The second-order valence-electron chi connectivity index (χ2n) is 10.7. The van der Waals surface area contributed by atoms with Gasteiger partial charge in [-0.2, -0.15) is 14.6 Å². The number of nitrogens with one attached hydrogen (secondary N) is 2. The Morgan fingerprint density at radius 2 is 1.86 bits per heavy atom. The molecule has 1 saturated heterocycles. The van der Waals surface area contributed by atoms with E-state index in [1.807, 2.05) is 19.2 Å². The molecule has 0 bridgehead atoms. The first kappa shape index (κ1) is 27.3. The van der Waals surface area contributed by atoms with E-state index in [-0.39, 0.29) is 17.6 Å². The van der Waals surface area contributed by atoms with Gasteiger partial charge in [-0.25, -0.2) is 13.4 Å². The zero-order chi connectivity index (χ0) is 26.6. The maximum atomic E-state index is 12.9. The van der Waals surface area contributed by atoms with Crippen LogP contribution in [0, 0.1) is 16.7 Å². The largest absolute Gasteiger partial charge is 0.393 e. The number of aromatic nitrogens is 2. The molecule has 11 heteroatoms. The number of rotatable bonds is 8. The van der Waals surface area contributed by atoms with Crippen molar-refractivity contribution in [3.63, 3.8) is 0 Å². The number of hydrogen-bond donors (Lipinski definition) is 3. The van der Waals surface area contributed by atoms with Crippen LogP contribution in [0.4, 0.5) is 11.8 Å². The summed E-state index contributed by atoms with van der Waals surface area (Å²) in [6.45, 7) is 7.15. The quantitative estimate of drug-likeness (QED) is 0.473. The van der Waals surface area contributed by atoms with Crippen LogP contribution in [-0.2, 0) is 16.4 Å². The highest BCUT2D eigenvalue weighted by atomic mass is 32.2. The van der Waals surface area contributed by atoms with Crippen molar-refractivity contribution in [2.75, 3.05) is 50.4 Å². The zero-order valence-electron chi connectivity index (χ0n) is 21.8. The number of sulfonamides is 1. The van der Waals surface area contributed by atoms with E-state index in [0.29, 0.717) is 54.7 Å². The molecule has 10 nitrogen and oxygen atoms in total. The van der Waals surface area contributed by atoms with Crippen LogP contribution in [0.25, 0.3) is 0 Å². The highest BCUT2D eigenvalue weighted by Crippen LogP contribution is 2.37. The third kappa shape index (κ3) is 6.57.